The minimum absolute atomic E-state index is 0.101. The maximum Gasteiger partial charge on any atom is 0.395 e. The van der Waals surface area contributed by atoms with Crippen LogP contribution in [0.2, 0.25) is 0 Å². The van der Waals surface area contributed by atoms with Gasteiger partial charge in [0.2, 0.25) is 0 Å². The summed E-state index contributed by atoms with van der Waals surface area (Å²) in [6.45, 7) is -0.567. The Morgan fingerprint density at radius 1 is 1.22 bits per heavy atom. The molecule has 1 aliphatic heterocycles. The molecule has 0 fully saturated rings. The molecule has 4 rings (SSSR count). The van der Waals surface area contributed by atoms with Crippen LogP contribution in [-0.2, 0) is 10.0 Å². The van der Waals surface area contributed by atoms with Crippen LogP contribution in [0.4, 0.5) is 22.0 Å². The molecule has 0 spiro atoms. The third-order valence-electron chi connectivity index (χ3n) is 5.88. The van der Waals surface area contributed by atoms with E-state index in [1.807, 2.05) is 18.0 Å². The molecule has 0 N–H and O–H groups in total. The molecule has 12 heteroatoms. The number of halogens is 5. The molecule has 32 heavy (non-hydrogen) atoms. The van der Waals surface area contributed by atoms with Gasteiger partial charge in [0.1, 0.15) is 4.90 Å². The second-order valence-corrected chi connectivity index (χ2v) is 9.74. The van der Waals surface area contributed by atoms with Crippen LogP contribution in [-0.4, -0.2) is 53.4 Å². The molecule has 2 aromatic rings. The number of nitrogens with zero attached hydrogens (tertiary/aromatic N) is 4. The van der Waals surface area contributed by atoms with Crippen molar-refractivity contribution in [3.63, 3.8) is 0 Å². The minimum atomic E-state index is -4.47. The minimum Gasteiger partial charge on any atom is -0.302 e. The first kappa shape index (κ1) is 22.7. The maximum atomic E-state index is 13.4. The molecule has 1 unspecified atom stereocenters. The van der Waals surface area contributed by atoms with E-state index in [1.165, 1.54) is 19.2 Å². The molecule has 1 atom stereocenters. The largest absolute Gasteiger partial charge is 0.395 e. The Bertz CT molecular complexity index is 1300. The highest BCUT2D eigenvalue weighted by atomic mass is 32.2. The van der Waals surface area contributed by atoms with Gasteiger partial charge in [-0.05, 0) is 32.4 Å². The van der Waals surface area contributed by atoms with E-state index in [4.69, 9.17) is 0 Å². The van der Waals surface area contributed by atoms with Gasteiger partial charge in [-0.2, -0.15) is 27.1 Å². The lowest BCUT2D eigenvalue weighted by Gasteiger charge is -2.22. The van der Waals surface area contributed by atoms with Crippen LogP contribution in [0.5, 0.6) is 0 Å². The molecule has 0 amide bonds. The average Bonchev–Trinajstić information content (AvgIpc) is 3.29. The molecule has 6 nitrogen and oxygen atoms in total. The van der Waals surface area contributed by atoms with Crippen LogP contribution in [0.3, 0.4) is 0 Å². The van der Waals surface area contributed by atoms with Gasteiger partial charge in [0, 0.05) is 30.1 Å². The third-order valence-corrected chi connectivity index (χ3v) is 7.66. The van der Waals surface area contributed by atoms with Crippen molar-refractivity contribution < 1.29 is 30.4 Å². The monoisotopic (exact) mass is 476 g/mol. The van der Waals surface area contributed by atoms with Crippen molar-refractivity contribution in [2.75, 3.05) is 20.1 Å². The van der Waals surface area contributed by atoms with E-state index in [2.05, 4.69) is 5.10 Å². The number of aromatic nitrogens is 3. The summed E-state index contributed by atoms with van der Waals surface area (Å²) in [5.74, 6) is -1.73. The maximum absolute atomic E-state index is 13.4. The SMILES string of the molecule is Cc1c(S(=O)(=O)n2cc(C3=CCN(C)CC3)c3c2=CCC(C(F)(F)F)C=3)cnn1C(F)F. The second-order valence-electron chi connectivity index (χ2n) is 7.96. The smallest absolute Gasteiger partial charge is 0.302 e. The van der Waals surface area contributed by atoms with Gasteiger partial charge >= 0.3 is 12.7 Å². The molecule has 2 aliphatic rings. The van der Waals surface area contributed by atoms with Crippen molar-refractivity contribution in [3.05, 3.63) is 40.3 Å². The lowest BCUT2D eigenvalue weighted by molar-refractivity contribution is -0.155. The van der Waals surface area contributed by atoms with E-state index in [0.717, 1.165) is 21.8 Å². The molecule has 0 bridgehead atoms. The van der Waals surface area contributed by atoms with E-state index in [9.17, 15) is 30.4 Å². The molecule has 0 aromatic carbocycles. The number of hydrogen-bond acceptors (Lipinski definition) is 4. The van der Waals surface area contributed by atoms with Gasteiger partial charge in [-0.25, -0.2) is 17.1 Å². The lowest BCUT2D eigenvalue weighted by Crippen LogP contribution is -2.39. The van der Waals surface area contributed by atoms with Gasteiger partial charge in [-0.15, -0.1) is 0 Å². The van der Waals surface area contributed by atoms with Crippen molar-refractivity contribution in [1.29, 1.82) is 0 Å². The van der Waals surface area contributed by atoms with Crippen LogP contribution >= 0.6 is 0 Å². The Kier molecular flexibility index (Phi) is 5.56. The summed E-state index contributed by atoms with van der Waals surface area (Å²) in [4.78, 5) is 1.60. The molecule has 174 valence electrons. The van der Waals surface area contributed by atoms with E-state index in [1.54, 1.807) is 0 Å². The van der Waals surface area contributed by atoms with Crippen molar-refractivity contribution in [3.8, 4) is 0 Å². The highest BCUT2D eigenvalue weighted by molar-refractivity contribution is 7.90. The molecule has 0 saturated heterocycles. The zero-order chi connectivity index (χ0) is 23.4. The highest BCUT2D eigenvalue weighted by Gasteiger charge is 2.39. The summed E-state index contributed by atoms with van der Waals surface area (Å²) in [6, 6.07) is 0. The van der Waals surface area contributed by atoms with Crippen LogP contribution in [0.15, 0.2) is 23.4 Å². The summed E-state index contributed by atoms with van der Waals surface area (Å²) in [5.41, 5.74) is 0.900. The van der Waals surface area contributed by atoms with Gasteiger partial charge in [0.05, 0.1) is 23.2 Å². The fourth-order valence-corrected chi connectivity index (χ4v) is 5.59. The summed E-state index contributed by atoms with van der Waals surface area (Å²) >= 11 is 0. The normalized spacial score (nSPS) is 20.0. The number of alkyl halides is 5. The highest BCUT2D eigenvalue weighted by Crippen LogP contribution is 2.32. The van der Waals surface area contributed by atoms with E-state index < -0.39 is 40.0 Å². The first-order chi connectivity index (χ1) is 14.9. The topological polar surface area (TPSA) is 60.1 Å². The second kappa shape index (κ2) is 7.84. The summed E-state index contributed by atoms with van der Waals surface area (Å²) in [5, 5.41) is 3.75. The predicted molar refractivity (Wildman–Crippen MR) is 108 cm³/mol. The Balaban J connectivity index is 1.94. The molecular weight excluding hydrogens is 455 g/mol. The third kappa shape index (κ3) is 3.79. The molecule has 3 heterocycles. The Hall–Kier alpha value is -2.47. The predicted octanol–water partition coefficient (Wildman–Crippen LogP) is 2.49. The zero-order valence-electron chi connectivity index (χ0n) is 17.3. The Morgan fingerprint density at radius 2 is 1.94 bits per heavy atom. The zero-order valence-corrected chi connectivity index (χ0v) is 18.1. The Labute approximate surface area is 181 Å². The fourth-order valence-electron chi connectivity index (χ4n) is 4.06. The van der Waals surface area contributed by atoms with E-state index in [-0.39, 0.29) is 16.3 Å². The standard InChI is InChI=1S/C20H21F5N4O2S/c1-12-18(10-26-29(12)19(21)22)32(30,31)28-11-16(13-5-7-27(2)8-6-13)15-9-14(20(23,24)25)3-4-17(15)28/h4-5,9-11,14,19H,3,6-8H2,1-2H3. The summed E-state index contributed by atoms with van der Waals surface area (Å²) in [7, 11) is -2.47. The average molecular weight is 476 g/mol. The molecule has 2 aromatic heterocycles. The van der Waals surface area contributed by atoms with Crippen LogP contribution in [0, 0.1) is 12.8 Å². The van der Waals surface area contributed by atoms with E-state index in [0.29, 0.717) is 29.8 Å². The summed E-state index contributed by atoms with van der Waals surface area (Å²) in [6.07, 6.45) is 1.96. The van der Waals surface area contributed by atoms with Crippen molar-refractivity contribution in [2.45, 2.75) is 37.4 Å². The fraction of sp³-hybridized carbons (Fsp3) is 0.450. The Morgan fingerprint density at radius 3 is 2.50 bits per heavy atom. The quantitative estimate of drug-likeness (QED) is 0.637. The summed E-state index contributed by atoms with van der Waals surface area (Å²) < 4.78 is 94.4. The number of hydrogen-bond donors (Lipinski definition) is 0. The van der Waals surface area contributed by atoms with Crippen molar-refractivity contribution in [2.24, 2.45) is 5.92 Å². The first-order valence-corrected chi connectivity index (χ1v) is 11.3. The van der Waals surface area contributed by atoms with Crippen molar-refractivity contribution in [1.82, 2.24) is 18.7 Å². The number of fused-ring (bicyclic) bond motifs is 1. The molecule has 0 radical (unpaired) electrons. The number of likely N-dealkylation sites (N-methyl/N-ethyl adjacent to an activating group) is 1. The molecule has 0 saturated carbocycles. The number of rotatable bonds is 4. The van der Waals surface area contributed by atoms with E-state index >= 15 is 0 Å². The van der Waals surface area contributed by atoms with Crippen molar-refractivity contribution >= 4 is 27.7 Å². The lowest BCUT2D eigenvalue weighted by atomic mass is 9.94. The molecular formula is C20H21F5N4O2S. The van der Waals surface area contributed by atoms with Crippen LogP contribution < -0.4 is 10.6 Å². The van der Waals surface area contributed by atoms with Gasteiger partial charge in [0.25, 0.3) is 10.0 Å². The first-order valence-electron chi connectivity index (χ1n) is 9.87. The van der Waals surface area contributed by atoms with Gasteiger partial charge in [-0.3, -0.25) is 0 Å². The van der Waals surface area contributed by atoms with Gasteiger partial charge < -0.3 is 4.90 Å². The molecule has 1 aliphatic carbocycles. The van der Waals surface area contributed by atoms with Crippen LogP contribution in [0.25, 0.3) is 17.7 Å². The van der Waals surface area contributed by atoms with Gasteiger partial charge in [0.15, 0.2) is 0 Å². The van der Waals surface area contributed by atoms with Crippen LogP contribution in [0.1, 0.15) is 30.6 Å². The van der Waals surface area contributed by atoms with Gasteiger partial charge in [-0.1, -0.05) is 18.2 Å².